The van der Waals surface area contributed by atoms with Crippen LogP contribution in [0.4, 0.5) is 13.2 Å². The van der Waals surface area contributed by atoms with Gasteiger partial charge in [0.05, 0.1) is 29.6 Å². The number of nitrogens with zero attached hydrogens (tertiary/aromatic N) is 1. The number of quaternary nitrogens is 1. The lowest BCUT2D eigenvalue weighted by atomic mass is 9.90. The summed E-state index contributed by atoms with van der Waals surface area (Å²) in [6.45, 7) is 2.43. The summed E-state index contributed by atoms with van der Waals surface area (Å²) in [5, 5.41) is 0.179. The number of rotatable bonds is 4. The Kier molecular flexibility index (Phi) is 5.41. The highest BCUT2D eigenvalue weighted by Gasteiger charge is 2.31. The van der Waals surface area contributed by atoms with Gasteiger partial charge < -0.3 is 9.88 Å². The molecule has 0 saturated carbocycles. The molecule has 2 heterocycles. The van der Waals surface area contributed by atoms with E-state index >= 15 is 0 Å². The van der Waals surface area contributed by atoms with Crippen molar-refractivity contribution in [3.8, 4) is 0 Å². The summed E-state index contributed by atoms with van der Waals surface area (Å²) in [5.74, 6) is 1.08. The highest BCUT2D eigenvalue weighted by Crippen LogP contribution is 2.30. The van der Waals surface area contributed by atoms with Crippen LogP contribution in [0.15, 0.2) is 53.3 Å². The fourth-order valence-corrected chi connectivity index (χ4v) is 4.10. The van der Waals surface area contributed by atoms with Gasteiger partial charge in [-0.05, 0) is 48.9 Å². The number of alkyl halides is 3. The molecular weight excluding hydrogens is 379 g/mol. The fraction of sp³-hybridized carbons (Fsp3) is 0.364. The molecule has 1 aromatic heterocycles. The zero-order valence-electron chi connectivity index (χ0n) is 15.9. The summed E-state index contributed by atoms with van der Waals surface area (Å²) < 4.78 is 38.9. The van der Waals surface area contributed by atoms with Crippen molar-refractivity contribution in [1.82, 2.24) is 9.97 Å². The molecule has 152 valence electrons. The second-order valence-corrected chi connectivity index (χ2v) is 7.80. The van der Waals surface area contributed by atoms with Crippen LogP contribution in [0.1, 0.15) is 29.8 Å². The zero-order chi connectivity index (χ0) is 20.4. The molecule has 0 radical (unpaired) electrons. The lowest BCUT2D eigenvalue weighted by Gasteiger charge is -2.29. The number of aromatic nitrogens is 2. The second kappa shape index (κ2) is 7.99. The van der Waals surface area contributed by atoms with Gasteiger partial charge in [0, 0.05) is 0 Å². The number of aromatic amines is 1. The number of likely N-dealkylation sites (tertiary alicyclic amines) is 1. The van der Waals surface area contributed by atoms with Gasteiger partial charge in [-0.25, -0.2) is 4.98 Å². The molecule has 1 fully saturated rings. The maximum absolute atomic E-state index is 13.0. The zero-order valence-corrected chi connectivity index (χ0v) is 15.9. The van der Waals surface area contributed by atoms with E-state index < -0.39 is 17.3 Å². The predicted molar refractivity (Wildman–Crippen MR) is 105 cm³/mol. The van der Waals surface area contributed by atoms with Gasteiger partial charge in [0.1, 0.15) is 6.54 Å². The van der Waals surface area contributed by atoms with Crippen molar-refractivity contribution >= 4 is 10.9 Å². The third-order valence-corrected chi connectivity index (χ3v) is 5.68. The number of fused-ring (bicyclic) bond motifs is 1. The Morgan fingerprint density at radius 3 is 2.48 bits per heavy atom. The van der Waals surface area contributed by atoms with Crippen molar-refractivity contribution in [2.45, 2.75) is 32.0 Å². The normalized spacial score (nSPS) is 20.1. The molecular formula is C22H23F3N3O+. The minimum absolute atomic E-state index is 0.0944. The predicted octanol–water partition coefficient (Wildman–Crippen LogP) is 2.98. The van der Waals surface area contributed by atoms with Crippen LogP contribution in [0.3, 0.4) is 0 Å². The summed E-state index contributed by atoms with van der Waals surface area (Å²) in [7, 11) is 0. The Bertz CT molecular complexity index is 1040. The number of nitrogens with one attached hydrogen (secondary N) is 2. The van der Waals surface area contributed by atoms with Gasteiger partial charge in [-0.3, -0.25) is 4.79 Å². The van der Waals surface area contributed by atoms with E-state index in [4.69, 9.17) is 0 Å². The van der Waals surface area contributed by atoms with E-state index in [1.165, 1.54) is 16.5 Å². The topological polar surface area (TPSA) is 50.2 Å². The fourth-order valence-electron chi connectivity index (χ4n) is 4.10. The van der Waals surface area contributed by atoms with Crippen LogP contribution in [-0.2, 0) is 19.1 Å². The molecule has 4 rings (SSSR count). The average Bonchev–Trinajstić information content (AvgIpc) is 2.69. The summed E-state index contributed by atoms with van der Waals surface area (Å²) in [5.41, 5.74) is 0.263. The van der Waals surface area contributed by atoms with Crippen molar-refractivity contribution in [1.29, 1.82) is 0 Å². The lowest BCUT2D eigenvalue weighted by molar-refractivity contribution is -0.920. The monoisotopic (exact) mass is 402 g/mol. The Morgan fingerprint density at radius 2 is 1.79 bits per heavy atom. The molecule has 4 nitrogen and oxygen atoms in total. The smallest absolute Gasteiger partial charge is 0.329 e. The first-order chi connectivity index (χ1) is 13.9. The van der Waals surface area contributed by atoms with Crippen LogP contribution in [0.5, 0.6) is 0 Å². The second-order valence-electron chi connectivity index (χ2n) is 7.80. The highest BCUT2D eigenvalue weighted by molar-refractivity contribution is 5.78. The Labute approximate surface area is 166 Å². The van der Waals surface area contributed by atoms with Gasteiger partial charge in [0.25, 0.3) is 5.56 Å². The summed E-state index contributed by atoms with van der Waals surface area (Å²) in [6, 6.07) is 13.5. The van der Waals surface area contributed by atoms with E-state index in [0.29, 0.717) is 18.3 Å². The number of piperidine rings is 1. The molecule has 0 spiro atoms. The minimum Gasteiger partial charge on any atom is -0.329 e. The molecule has 0 amide bonds. The van der Waals surface area contributed by atoms with Gasteiger partial charge in [0.15, 0.2) is 5.82 Å². The molecule has 2 N–H and O–H groups in total. The standard InChI is InChI=1S/C22H22F3N3O/c23-22(24,25)17-6-7-18-19(13-17)26-20(27-21(18)29)14-28-10-8-16(9-11-28)12-15-4-2-1-3-5-15/h1-7,13,16H,8-12,14H2,(H,26,27,29)/p+1. The van der Waals surface area contributed by atoms with E-state index in [-0.39, 0.29) is 10.9 Å². The number of benzene rings is 2. The van der Waals surface area contributed by atoms with Crippen molar-refractivity contribution < 1.29 is 18.1 Å². The quantitative estimate of drug-likeness (QED) is 0.705. The lowest BCUT2D eigenvalue weighted by Crippen LogP contribution is -3.11. The van der Waals surface area contributed by atoms with Crippen molar-refractivity contribution in [2.24, 2.45) is 5.92 Å². The molecule has 3 aromatic rings. The molecule has 1 aliphatic rings. The maximum Gasteiger partial charge on any atom is 0.416 e. The van der Waals surface area contributed by atoms with E-state index in [2.05, 4.69) is 34.2 Å². The van der Waals surface area contributed by atoms with Crippen LogP contribution in [0.25, 0.3) is 10.9 Å². The first-order valence-corrected chi connectivity index (χ1v) is 9.86. The SMILES string of the molecule is O=c1[nH]c(C[NH+]2CCC(Cc3ccccc3)CC2)nc2cc(C(F)(F)F)ccc12. The van der Waals surface area contributed by atoms with Crippen molar-refractivity contribution in [2.75, 3.05) is 13.1 Å². The molecule has 7 heteroatoms. The number of hydrogen-bond acceptors (Lipinski definition) is 2. The first-order valence-electron chi connectivity index (χ1n) is 9.86. The van der Waals surface area contributed by atoms with E-state index in [1.54, 1.807) is 0 Å². The maximum atomic E-state index is 13.0. The molecule has 1 aliphatic heterocycles. The van der Waals surface area contributed by atoms with E-state index in [1.807, 2.05) is 6.07 Å². The molecule has 0 atom stereocenters. The summed E-state index contributed by atoms with van der Waals surface area (Å²) in [6.07, 6.45) is -1.22. The molecule has 0 aliphatic carbocycles. The molecule has 29 heavy (non-hydrogen) atoms. The van der Waals surface area contributed by atoms with E-state index in [0.717, 1.165) is 44.5 Å². The van der Waals surface area contributed by atoms with Gasteiger partial charge in [-0.2, -0.15) is 13.2 Å². The number of halogens is 3. The van der Waals surface area contributed by atoms with Gasteiger partial charge in [-0.1, -0.05) is 30.3 Å². The Hall–Kier alpha value is -2.67. The highest BCUT2D eigenvalue weighted by atomic mass is 19.4. The number of H-pyrrole nitrogens is 1. The molecule has 0 bridgehead atoms. The average molecular weight is 402 g/mol. The molecule has 0 unspecified atom stereocenters. The van der Waals surface area contributed by atoms with Crippen LogP contribution in [0.2, 0.25) is 0 Å². The first kappa shape index (κ1) is 19.6. The van der Waals surface area contributed by atoms with Crippen LogP contribution >= 0.6 is 0 Å². The van der Waals surface area contributed by atoms with Crippen LogP contribution in [0, 0.1) is 5.92 Å². The van der Waals surface area contributed by atoms with E-state index in [9.17, 15) is 18.0 Å². The summed E-state index contributed by atoms with van der Waals surface area (Å²) >= 11 is 0. The third kappa shape index (κ3) is 4.67. The van der Waals surface area contributed by atoms with Crippen molar-refractivity contribution in [3.05, 3.63) is 75.8 Å². The minimum atomic E-state index is -4.45. The Balaban J connectivity index is 1.44. The van der Waals surface area contributed by atoms with Gasteiger partial charge in [0.2, 0.25) is 0 Å². The summed E-state index contributed by atoms with van der Waals surface area (Å²) in [4.78, 5) is 20.6. The third-order valence-electron chi connectivity index (χ3n) is 5.68. The molecule has 2 aromatic carbocycles. The van der Waals surface area contributed by atoms with Crippen molar-refractivity contribution in [3.63, 3.8) is 0 Å². The molecule has 1 saturated heterocycles. The van der Waals surface area contributed by atoms with Gasteiger partial charge in [-0.15, -0.1) is 0 Å². The van der Waals surface area contributed by atoms with Crippen LogP contribution in [-0.4, -0.2) is 23.1 Å². The van der Waals surface area contributed by atoms with Gasteiger partial charge >= 0.3 is 6.18 Å². The Morgan fingerprint density at radius 1 is 1.07 bits per heavy atom. The van der Waals surface area contributed by atoms with Crippen LogP contribution < -0.4 is 10.5 Å². The largest absolute Gasteiger partial charge is 0.416 e. The number of hydrogen-bond donors (Lipinski definition) is 2.